The molecule has 0 aliphatic rings. The number of aryl methyl sites for hydroxylation is 2. The fourth-order valence-corrected chi connectivity index (χ4v) is 6.29. The van der Waals surface area contributed by atoms with Crippen LogP contribution in [0.4, 0.5) is 16.5 Å². The average Bonchev–Trinajstić information content (AvgIpc) is 3.45. The van der Waals surface area contributed by atoms with Crippen LogP contribution in [0.5, 0.6) is 0 Å². The highest BCUT2D eigenvalue weighted by atomic mass is 32.2. The summed E-state index contributed by atoms with van der Waals surface area (Å²) in [6.07, 6.45) is 1.27. The number of thioether (sulfide) groups is 1. The first-order valence-corrected chi connectivity index (χ1v) is 16.5. The van der Waals surface area contributed by atoms with Crippen molar-refractivity contribution in [2.24, 2.45) is 0 Å². The van der Waals surface area contributed by atoms with Gasteiger partial charge in [-0.2, -0.15) is 0 Å². The van der Waals surface area contributed by atoms with Crippen LogP contribution in [-0.2, 0) is 9.59 Å². The SMILES string of the molecule is Cc1ccc(-c2nc(NC(=O)C(C)Sc3ccc(NC(=O)/C(=C/c4ccccc4[N+](=O)[O-])NC(=O)c4ccccc4)cc3)sc2C)cc1. The Morgan fingerprint density at radius 2 is 1.54 bits per heavy atom. The molecule has 242 valence electrons. The molecule has 48 heavy (non-hydrogen) atoms. The number of nitrogens with one attached hydrogen (secondary N) is 3. The van der Waals surface area contributed by atoms with Crippen LogP contribution in [-0.4, -0.2) is 32.9 Å². The minimum Gasteiger partial charge on any atom is -0.321 e. The maximum Gasteiger partial charge on any atom is 0.276 e. The molecule has 12 heteroatoms. The monoisotopic (exact) mass is 677 g/mol. The first kappa shape index (κ1) is 33.8. The number of aromatic nitrogens is 1. The summed E-state index contributed by atoms with van der Waals surface area (Å²) >= 11 is 2.77. The number of amides is 3. The van der Waals surface area contributed by atoms with Crippen molar-refractivity contribution in [1.82, 2.24) is 10.3 Å². The standard InChI is InChI=1S/C36H31N5O5S2/c1-22-13-15-25(16-14-22)32-23(2)48-36(39-32)40-33(42)24(3)47-29-19-17-28(18-20-29)37-35(44)30(38-34(43)26-9-5-4-6-10-26)21-27-11-7-8-12-31(27)41(45)46/h4-21,24H,1-3H3,(H,37,44)(H,38,43)(H,39,40,42)/b30-21-. The van der Waals surface area contributed by atoms with Crippen LogP contribution in [0.2, 0.25) is 0 Å². The molecule has 5 rings (SSSR count). The Labute approximate surface area is 285 Å². The molecule has 1 aromatic heterocycles. The first-order chi connectivity index (χ1) is 23.1. The predicted octanol–water partition coefficient (Wildman–Crippen LogP) is 7.86. The van der Waals surface area contributed by atoms with Gasteiger partial charge in [0.25, 0.3) is 17.5 Å². The van der Waals surface area contributed by atoms with Gasteiger partial charge in [0.1, 0.15) is 5.70 Å². The third kappa shape index (κ3) is 8.60. The Bertz CT molecular complexity index is 1990. The van der Waals surface area contributed by atoms with Crippen molar-refractivity contribution < 1.29 is 19.3 Å². The Morgan fingerprint density at radius 3 is 2.23 bits per heavy atom. The number of rotatable bonds is 11. The molecule has 3 amide bonds. The van der Waals surface area contributed by atoms with E-state index >= 15 is 0 Å². The Hall–Kier alpha value is -5.59. The van der Waals surface area contributed by atoms with Crippen molar-refractivity contribution in [1.29, 1.82) is 0 Å². The lowest BCUT2D eigenvalue weighted by atomic mass is 10.1. The lowest BCUT2D eigenvalue weighted by Gasteiger charge is -2.13. The van der Waals surface area contributed by atoms with E-state index in [9.17, 15) is 24.5 Å². The third-order valence-electron chi connectivity index (χ3n) is 7.11. The zero-order valence-corrected chi connectivity index (χ0v) is 27.9. The van der Waals surface area contributed by atoms with Crippen molar-refractivity contribution >= 4 is 63.4 Å². The fraction of sp³-hybridized carbons (Fsp3) is 0.111. The molecule has 1 heterocycles. The van der Waals surface area contributed by atoms with Gasteiger partial charge in [0.2, 0.25) is 5.91 Å². The smallest absolute Gasteiger partial charge is 0.276 e. The highest BCUT2D eigenvalue weighted by molar-refractivity contribution is 8.00. The van der Waals surface area contributed by atoms with Crippen LogP contribution < -0.4 is 16.0 Å². The lowest BCUT2D eigenvalue weighted by Crippen LogP contribution is -2.30. The number of hydrogen-bond donors (Lipinski definition) is 3. The Morgan fingerprint density at radius 1 is 0.875 bits per heavy atom. The summed E-state index contributed by atoms with van der Waals surface area (Å²) in [5.74, 6) is -1.41. The van der Waals surface area contributed by atoms with Gasteiger partial charge >= 0.3 is 0 Å². The minimum atomic E-state index is -0.672. The number of thiazole rings is 1. The maximum absolute atomic E-state index is 13.4. The van der Waals surface area contributed by atoms with Gasteiger partial charge in [-0.15, -0.1) is 23.1 Å². The zero-order chi connectivity index (χ0) is 34.2. The van der Waals surface area contributed by atoms with E-state index < -0.39 is 22.0 Å². The normalized spacial score (nSPS) is 11.8. The van der Waals surface area contributed by atoms with Gasteiger partial charge in [-0.1, -0.05) is 60.2 Å². The Balaban J connectivity index is 1.25. The molecule has 0 bridgehead atoms. The highest BCUT2D eigenvalue weighted by Gasteiger charge is 2.20. The number of anilines is 2. The molecule has 0 saturated carbocycles. The Kier molecular flexibility index (Phi) is 10.8. The van der Waals surface area contributed by atoms with Crippen molar-refractivity contribution in [2.75, 3.05) is 10.6 Å². The van der Waals surface area contributed by atoms with Gasteiger partial charge in [0, 0.05) is 32.7 Å². The average molecular weight is 678 g/mol. The van der Waals surface area contributed by atoms with Gasteiger partial charge in [-0.05, 0) is 69.3 Å². The van der Waals surface area contributed by atoms with E-state index in [1.807, 2.05) is 38.1 Å². The van der Waals surface area contributed by atoms with E-state index in [1.54, 1.807) is 67.6 Å². The number of carbonyl (C=O) groups excluding carboxylic acids is 3. The molecule has 0 aliphatic heterocycles. The van der Waals surface area contributed by atoms with E-state index in [0.29, 0.717) is 16.4 Å². The summed E-state index contributed by atoms with van der Waals surface area (Å²) in [6, 6.07) is 29.2. The number of hydrogen-bond acceptors (Lipinski definition) is 8. The number of benzene rings is 4. The van der Waals surface area contributed by atoms with Crippen molar-refractivity contribution in [3.8, 4) is 11.3 Å². The van der Waals surface area contributed by atoms with Gasteiger partial charge < -0.3 is 16.0 Å². The highest BCUT2D eigenvalue weighted by Crippen LogP contribution is 2.32. The number of para-hydroxylation sites is 1. The van der Waals surface area contributed by atoms with Crippen LogP contribution in [0.3, 0.4) is 0 Å². The second-order valence-corrected chi connectivity index (χ2v) is 13.3. The molecular formula is C36H31N5O5S2. The molecular weight excluding hydrogens is 647 g/mol. The number of carbonyl (C=O) groups is 3. The largest absolute Gasteiger partial charge is 0.321 e. The first-order valence-electron chi connectivity index (χ1n) is 14.8. The van der Waals surface area contributed by atoms with E-state index in [2.05, 4.69) is 20.9 Å². The molecule has 1 atom stereocenters. The van der Waals surface area contributed by atoms with E-state index in [-0.39, 0.29) is 22.9 Å². The minimum absolute atomic E-state index is 0.152. The van der Waals surface area contributed by atoms with Crippen LogP contribution in [0.15, 0.2) is 114 Å². The van der Waals surface area contributed by atoms with Crippen LogP contribution in [0.1, 0.15) is 33.3 Å². The second-order valence-electron chi connectivity index (χ2n) is 10.7. The van der Waals surface area contributed by atoms with Gasteiger partial charge in [-0.25, -0.2) is 4.98 Å². The number of nitro groups is 1. The van der Waals surface area contributed by atoms with E-state index in [4.69, 9.17) is 0 Å². The molecule has 0 aliphatic carbocycles. The van der Waals surface area contributed by atoms with Crippen molar-refractivity contribution in [3.05, 3.63) is 141 Å². The molecule has 5 aromatic rings. The summed E-state index contributed by atoms with van der Waals surface area (Å²) in [5.41, 5.74) is 3.49. The topological polar surface area (TPSA) is 143 Å². The summed E-state index contributed by atoms with van der Waals surface area (Å²) in [7, 11) is 0. The van der Waals surface area contributed by atoms with Crippen molar-refractivity contribution in [3.63, 3.8) is 0 Å². The molecule has 0 spiro atoms. The van der Waals surface area contributed by atoms with Crippen LogP contribution >= 0.6 is 23.1 Å². The van der Waals surface area contributed by atoms with Crippen molar-refractivity contribution in [2.45, 2.75) is 30.9 Å². The van der Waals surface area contributed by atoms with Gasteiger partial charge in [0.15, 0.2) is 5.13 Å². The van der Waals surface area contributed by atoms with Gasteiger partial charge in [0.05, 0.1) is 21.4 Å². The predicted molar refractivity (Wildman–Crippen MR) is 191 cm³/mol. The zero-order valence-electron chi connectivity index (χ0n) is 26.2. The molecule has 3 N–H and O–H groups in total. The quantitative estimate of drug-likeness (QED) is 0.0559. The van der Waals surface area contributed by atoms with E-state index in [0.717, 1.165) is 26.6 Å². The summed E-state index contributed by atoms with van der Waals surface area (Å²) in [5, 5.41) is 19.9. The van der Waals surface area contributed by atoms with Crippen LogP contribution in [0.25, 0.3) is 17.3 Å². The van der Waals surface area contributed by atoms with Gasteiger partial charge in [-0.3, -0.25) is 24.5 Å². The fourth-order valence-electron chi connectivity index (χ4n) is 4.58. The molecule has 0 radical (unpaired) electrons. The molecule has 0 fully saturated rings. The van der Waals surface area contributed by atoms with Crippen LogP contribution in [0, 0.1) is 24.0 Å². The van der Waals surface area contributed by atoms with E-state index in [1.165, 1.54) is 47.4 Å². The summed E-state index contributed by atoms with van der Waals surface area (Å²) in [6.45, 7) is 5.80. The molecule has 4 aromatic carbocycles. The number of nitro benzene ring substituents is 1. The second kappa shape index (κ2) is 15.3. The molecule has 1 unspecified atom stereocenters. The summed E-state index contributed by atoms with van der Waals surface area (Å²) in [4.78, 5) is 56.8. The molecule has 0 saturated heterocycles. The lowest BCUT2D eigenvalue weighted by molar-refractivity contribution is -0.385. The number of nitrogens with zero attached hydrogens (tertiary/aromatic N) is 2. The summed E-state index contributed by atoms with van der Waals surface area (Å²) < 4.78 is 0. The molecule has 10 nitrogen and oxygen atoms in total. The maximum atomic E-state index is 13.4. The third-order valence-corrected chi connectivity index (χ3v) is 9.11.